The third-order valence-electron chi connectivity index (χ3n) is 1.82. The maximum atomic E-state index is 10.0. The first kappa shape index (κ1) is 12.3. The molecular weight excluding hydrogens is 278 g/mol. The summed E-state index contributed by atoms with van der Waals surface area (Å²) in [6, 6.07) is 3.84. The molecule has 0 aliphatic carbocycles. The highest BCUT2D eigenvalue weighted by Crippen LogP contribution is 2.36. The number of halogens is 1. The number of rotatable bonds is 4. The van der Waals surface area contributed by atoms with Crippen molar-refractivity contribution in [1.82, 2.24) is 0 Å². The van der Waals surface area contributed by atoms with E-state index in [0.717, 1.165) is 20.7 Å². The Balaban J connectivity index is 3.12. The lowest BCUT2D eigenvalue weighted by atomic mass is 10.2. The average molecular weight is 288 g/mol. The summed E-state index contributed by atoms with van der Waals surface area (Å²) in [5, 5.41) is 0. The summed E-state index contributed by atoms with van der Waals surface area (Å²) < 4.78 is 6.12. The van der Waals surface area contributed by atoms with Crippen molar-refractivity contribution in [3.05, 3.63) is 22.2 Å². The Morgan fingerprint density at radius 2 is 2.33 bits per heavy atom. The van der Waals surface area contributed by atoms with Crippen molar-refractivity contribution in [2.45, 2.75) is 11.4 Å². The van der Waals surface area contributed by atoms with Crippen molar-refractivity contribution in [2.24, 2.45) is 4.99 Å². The topological polar surface area (TPSA) is 38.7 Å². The van der Waals surface area contributed by atoms with Crippen molar-refractivity contribution in [2.75, 3.05) is 13.4 Å². The molecule has 0 saturated heterocycles. The summed E-state index contributed by atoms with van der Waals surface area (Å²) >= 11 is 5.00. The second-order valence-corrected chi connectivity index (χ2v) is 4.42. The van der Waals surface area contributed by atoms with Crippen LogP contribution in [0.1, 0.15) is 5.56 Å². The third kappa shape index (κ3) is 3.09. The lowest BCUT2D eigenvalue weighted by Crippen LogP contribution is -1.91. The van der Waals surface area contributed by atoms with E-state index in [2.05, 4.69) is 20.9 Å². The lowest BCUT2D eigenvalue weighted by molar-refractivity contribution is 0.402. The molecule has 0 aliphatic heterocycles. The summed E-state index contributed by atoms with van der Waals surface area (Å²) in [4.78, 5) is 14.6. The zero-order valence-electron chi connectivity index (χ0n) is 8.41. The summed E-state index contributed by atoms with van der Waals surface area (Å²) in [7, 11) is 1.63. The van der Waals surface area contributed by atoms with Crippen LogP contribution in [0.15, 0.2) is 26.5 Å². The first-order valence-electron chi connectivity index (χ1n) is 4.17. The van der Waals surface area contributed by atoms with Crippen LogP contribution in [0.5, 0.6) is 5.75 Å². The summed E-state index contributed by atoms with van der Waals surface area (Å²) in [5.74, 6) is 0.807. The number of carbonyl (C=O) groups excluding carboxylic acids is 1. The molecule has 0 amide bonds. The number of thioether (sulfide) groups is 1. The largest absolute Gasteiger partial charge is 0.494 e. The molecule has 1 aromatic rings. The number of hydrogen-bond acceptors (Lipinski definition) is 4. The van der Waals surface area contributed by atoms with Gasteiger partial charge in [0.25, 0.3) is 0 Å². The smallest absolute Gasteiger partial charge is 0.235 e. The van der Waals surface area contributed by atoms with Gasteiger partial charge < -0.3 is 4.74 Å². The normalized spacial score (nSPS) is 9.53. The Labute approximate surface area is 101 Å². The Morgan fingerprint density at radius 3 is 2.87 bits per heavy atom. The van der Waals surface area contributed by atoms with Gasteiger partial charge in [-0.2, -0.15) is 0 Å². The fraction of sp³-hybridized carbons (Fsp3) is 0.300. The minimum absolute atomic E-state index is 0.347. The van der Waals surface area contributed by atoms with Crippen LogP contribution in [-0.4, -0.2) is 19.4 Å². The van der Waals surface area contributed by atoms with Crippen molar-refractivity contribution in [3.63, 3.8) is 0 Å². The van der Waals surface area contributed by atoms with E-state index in [9.17, 15) is 4.79 Å². The van der Waals surface area contributed by atoms with Crippen LogP contribution in [0.25, 0.3) is 0 Å². The molecule has 0 unspecified atom stereocenters. The zero-order valence-corrected chi connectivity index (χ0v) is 10.8. The van der Waals surface area contributed by atoms with Crippen LogP contribution >= 0.6 is 27.7 Å². The SMILES string of the molecule is COc1c(Br)cc(CN=C=O)cc1SC. The highest BCUT2D eigenvalue weighted by molar-refractivity contribution is 9.10. The minimum Gasteiger partial charge on any atom is -0.494 e. The summed E-state index contributed by atoms with van der Waals surface area (Å²) in [6.45, 7) is 0.347. The minimum atomic E-state index is 0.347. The standard InChI is InChI=1S/C10H10BrNO2S/c1-14-10-8(11)3-7(5-12-6-13)4-9(10)15-2/h3-4H,5H2,1-2H3. The second-order valence-electron chi connectivity index (χ2n) is 2.72. The molecule has 0 saturated carbocycles. The molecule has 0 aliphatic rings. The van der Waals surface area contributed by atoms with Crippen LogP contribution in [0.4, 0.5) is 0 Å². The van der Waals surface area contributed by atoms with Gasteiger partial charge in [0.1, 0.15) is 5.75 Å². The predicted octanol–water partition coefficient (Wildman–Crippen LogP) is 3.02. The number of aliphatic imine (C=N–C) groups is 1. The molecule has 80 valence electrons. The molecule has 0 aromatic heterocycles. The third-order valence-corrected chi connectivity index (χ3v) is 3.15. The maximum Gasteiger partial charge on any atom is 0.235 e. The molecule has 0 spiro atoms. The van der Waals surface area contributed by atoms with Crippen LogP contribution in [-0.2, 0) is 11.3 Å². The lowest BCUT2D eigenvalue weighted by Gasteiger charge is -2.10. The number of hydrogen-bond donors (Lipinski definition) is 0. The van der Waals surface area contributed by atoms with Gasteiger partial charge >= 0.3 is 0 Å². The number of isocyanates is 1. The van der Waals surface area contributed by atoms with Crippen molar-refractivity contribution < 1.29 is 9.53 Å². The molecule has 0 fully saturated rings. The number of methoxy groups -OCH3 is 1. The quantitative estimate of drug-likeness (QED) is 0.485. The molecule has 0 bridgehead atoms. The fourth-order valence-electron chi connectivity index (χ4n) is 1.19. The predicted molar refractivity (Wildman–Crippen MR) is 64.3 cm³/mol. The van der Waals surface area contributed by atoms with Gasteiger partial charge in [0.05, 0.1) is 23.0 Å². The van der Waals surface area contributed by atoms with Crippen molar-refractivity contribution >= 4 is 33.8 Å². The van der Waals surface area contributed by atoms with E-state index in [1.807, 2.05) is 18.4 Å². The monoisotopic (exact) mass is 287 g/mol. The highest BCUT2D eigenvalue weighted by Gasteiger charge is 2.08. The van der Waals surface area contributed by atoms with Gasteiger partial charge in [-0.25, -0.2) is 9.79 Å². The van der Waals surface area contributed by atoms with Gasteiger partial charge in [-0.3, -0.25) is 0 Å². The highest BCUT2D eigenvalue weighted by atomic mass is 79.9. The van der Waals surface area contributed by atoms with Crippen molar-refractivity contribution in [3.8, 4) is 5.75 Å². The van der Waals surface area contributed by atoms with Crippen LogP contribution in [0.3, 0.4) is 0 Å². The van der Waals surface area contributed by atoms with E-state index in [-0.39, 0.29) is 0 Å². The van der Waals surface area contributed by atoms with E-state index in [1.54, 1.807) is 18.9 Å². The molecular formula is C10H10BrNO2S. The van der Waals surface area contributed by atoms with Gasteiger partial charge in [-0.15, -0.1) is 11.8 Å². The maximum absolute atomic E-state index is 10.0. The van der Waals surface area contributed by atoms with E-state index >= 15 is 0 Å². The first-order valence-corrected chi connectivity index (χ1v) is 6.18. The van der Waals surface area contributed by atoms with Gasteiger partial charge in [-0.05, 0) is 39.9 Å². The molecule has 3 nitrogen and oxygen atoms in total. The molecule has 0 radical (unpaired) electrons. The molecule has 0 atom stereocenters. The molecule has 1 rings (SSSR count). The van der Waals surface area contributed by atoms with E-state index in [0.29, 0.717) is 6.54 Å². The molecule has 15 heavy (non-hydrogen) atoms. The van der Waals surface area contributed by atoms with E-state index in [4.69, 9.17) is 4.74 Å². The Kier molecular flexibility index (Phi) is 4.88. The molecule has 1 aromatic carbocycles. The summed E-state index contributed by atoms with van der Waals surface area (Å²) in [6.07, 6.45) is 3.49. The number of benzene rings is 1. The van der Waals surface area contributed by atoms with Gasteiger partial charge in [0.2, 0.25) is 6.08 Å². The van der Waals surface area contributed by atoms with Gasteiger partial charge in [0.15, 0.2) is 0 Å². The Morgan fingerprint density at radius 1 is 1.60 bits per heavy atom. The average Bonchev–Trinajstić information content (AvgIpc) is 2.25. The molecule has 0 heterocycles. The zero-order chi connectivity index (χ0) is 11.3. The fourth-order valence-corrected chi connectivity index (χ4v) is 2.63. The molecule has 5 heteroatoms. The summed E-state index contributed by atoms with van der Waals surface area (Å²) in [5.41, 5.74) is 0.954. The number of ether oxygens (including phenoxy) is 1. The second kappa shape index (κ2) is 5.95. The van der Waals surface area contributed by atoms with Crippen LogP contribution in [0.2, 0.25) is 0 Å². The number of nitrogens with zero attached hydrogens (tertiary/aromatic N) is 1. The van der Waals surface area contributed by atoms with Gasteiger partial charge in [0, 0.05) is 0 Å². The molecule has 0 N–H and O–H groups in total. The van der Waals surface area contributed by atoms with Crippen LogP contribution < -0.4 is 4.74 Å². The Hall–Kier alpha value is -0.770. The van der Waals surface area contributed by atoms with Gasteiger partial charge in [-0.1, -0.05) is 0 Å². The van der Waals surface area contributed by atoms with E-state index in [1.165, 1.54) is 6.08 Å². The van der Waals surface area contributed by atoms with Crippen molar-refractivity contribution in [1.29, 1.82) is 0 Å². The Bertz CT molecular complexity index is 403. The first-order chi connectivity index (χ1) is 7.22. The van der Waals surface area contributed by atoms with E-state index < -0.39 is 0 Å². The van der Waals surface area contributed by atoms with Crippen LogP contribution in [0, 0.1) is 0 Å².